The van der Waals surface area contributed by atoms with Gasteiger partial charge in [0.2, 0.25) is 0 Å². The van der Waals surface area contributed by atoms with Gasteiger partial charge in [-0.15, -0.1) is 0 Å². The van der Waals surface area contributed by atoms with Crippen molar-refractivity contribution in [3.8, 4) is 0 Å². The molecule has 0 bridgehead atoms. The fourth-order valence-corrected chi connectivity index (χ4v) is 2.19. The van der Waals surface area contributed by atoms with Crippen LogP contribution < -0.4 is 10.6 Å². The van der Waals surface area contributed by atoms with Crippen molar-refractivity contribution in [3.05, 3.63) is 0 Å². The summed E-state index contributed by atoms with van der Waals surface area (Å²) in [5.74, 6) is 0. The third-order valence-electron chi connectivity index (χ3n) is 3.05. The largest absolute Gasteiger partial charge is 0.390 e. The van der Waals surface area contributed by atoms with Crippen LogP contribution in [0.1, 0.15) is 19.8 Å². The molecule has 1 aromatic rings. The molecule has 0 saturated carbocycles. The molecule has 1 unspecified atom stereocenters. The minimum atomic E-state index is 0.141. The summed E-state index contributed by atoms with van der Waals surface area (Å²) in [6, 6.07) is 1.12. The van der Waals surface area contributed by atoms with Gasteiger partial charge in [0.15, 0.2) is 0 Å². The van der Waals surface area contributed by atoms with Crippen LogP contribution >= 0.6 is 0 Å². The third kappa shape index (κ3) is 2.27. The zero-order chi connectivity index (χ0) is 11.5. The van der Waals surface area contributed by atoms with E-state index < -0.39 is 0 Å². The molecule has 90 valence electrons. The Morgan fingerprint density at radius 1 is 1.44 bits per heavy atom. The maximum Gasteiger partial charge on any atom is 0.319 e. The predicted octanol–water partition coefficient (Wildman–Crippen LogP) is 0.572. The lowest BCUT2D eigenvalue weighted by molar-refractivity contribution is 0.325. The summed E-state index contributed by atoms with van der Waals surface area (Å²) in [6.07, 6.45) is 2.17. The summed E-state index contributed by atoms with van der Waals surface area (Å²) in [5, 5.41) is 7.69. The molecule has 0 spiro atoms. The molecule has 1 aromatic heterocycles. The fraction of sp³-hybridized carbons (Fsp3) is 0.800. The van der Waals surface area contributed by atoms with Crippen molar-refractivity contribution in [2.75, 3.05) is 37.3 Å². The maximum atomic E-state index is 5.46. The first-order chi connectivity index (χ1) is 7.70. The highest BCUT2D eigenvalue weighted by Gasteiger charge is 2.25. The van der Waals surface area contributed by atoms with Gasteiger partial charge in [0, 0.05) is 19.1 Å². The molecule has 6 nitrogen and oxygen atoms in total. The summed E-state index contributed by atoms with van der Waals surface area (Å²) in [7, 11) is 2.15. The average molecular weight is 225 g/mol. The summed E-state index contributed by atoms with van der Waals surface area (Å²) in [5.41, 5.74) is 5.46. The third-order valence-corrected chi connectivity index (χ3v) is 3.05. The molecule has 0 amide bonds. The molecule has 0 aliphatic carbocycles. The number of nitrogen functional groups attached to an aromatic ring is 1. The van der Waals surface area contributed by atoms with Gasteiger partial charge in [-0.2, -0.15) is 0 Å². The minimum absolute atomic E-state index is 0.141. The number of hydrogen-bond donors (Lipinski definition) is 1. The van der Waals surface area contributed by atoms with E-state index in [0.717, 1.165) is 32.5 Å². The van der Waals surface area contributed by atoms with Gasteiger partial charge < -0.3 is 20.0 Å². The number of aromatic nitrogens is 2. The van der Waals surface area contributed by atoms with E-state index in [-0.39, 0.29) is 6.01 Å². The van der Waals surface area contributed by atoms with E-state index >= 15 is 0 Å². The smallest absolute Gasteiger partial charge is 0.319 e. The molecule has 1 aliphatic heterocycles. The number of nitrogens with zero attached hydrogens (tertiary/aromatic N) is 4. The van der Waals surface area contributed by atoms with E-state index in [1.165, 1.54) is 0 Å². The van der Waals surface area contributed by atoms with Gasteiger partial charge in [-0.1, -0.05) is 17.1 Å². The molecule has 1 fully saturated rings. The molecule has 1 aliphatic rings. The molecular weight excluding hydrogens is 206 g/mol. The first kappa shape index (κ1) is 11.2. The lowest BCUT2D eigenvalue weighted by atomic mass is 10.2. The molecule has 1 saturated heterocycles. The highest BCUT2D eigenvalue weighted by atomic mass is 16.4. The van der Waals surface area contributed by atoms with E-state index in [1.54, 1.807) is 0 Å². The summed E-state index contributed by atoms with van der Waals surface area (Å²) < 4.78 is 5.31. The number of hydrogen-bond acceptors (Lipinski definition) is 6. The van der Waals surface area contributed by atoms with E-state index in [2.05, 4.69) is 34.0 Å². The van der Waals surface area contributed by atoms with Crippen LogP contribution in [-0.4, -0.2) is 47.8 Å². The summed E-state index contributed by atoms with van der Waals surface area (Å²) in [4.78, 5) is 4.51. The molecule has 1 atom stereocenters. The fourth-order valence-electron chi connectivity index (χ4n) is 2.19. The first-order valence-corrected chi connectivity index (χ1v) is 5.75. The van der Waals surface area contributed by atoms with Crippen LogP contribution in [0.3, 0.4) is 0 Å². The lowest BCUT2D eigenvalue weighted by Crippen LogP contribution is -2.40. The van der Waals surface area contributed by atoms with Crippen LogP contribution in [0.15, 0.2) is 4.42 Å². The van der Waals surface area contributed by atoms with Gasteiger partial charge in [0.25, 0.3) is 0 Å². The van der Waals surface area contributed by atoms with Gasteiger partial charge in [-0.25, -0.2) is 0 Å². The maximum absolute atomic E-state index is 5.46. The van der Waals surface area contributed by atoms with Gasteiger partial charge >= 0.3 is 12.0 Å². The van der Waals surface area contributed by atoms with Crippen LogP contribution in [0, 0.1) is 0 Å². The summed E-state index contributed by atoms with van der Waals surface area (Å²) in [6.45, 7) is 5.26. The molecule has 0 aromatic carbocycles. The standard InChI is InChI=1S/C10H19N5O/c1-3-8-7-14(2)5-4-6-15(8)10-13-12-9(11)16-10/h8H,3-7H2,1-2H3,(H2,11,12). The average Bonchev–Trinajstić information content (AvgIpc) is 2.58. The molecule has 6 heteroatoms. The topological polar surface area (TPSA) is 71.4 Å². The van der Waals surface area contributed by atoms with E-state index in [0.29, 0.717) is 12.1 Å². The van der Waals surface area contributed by atoms with E-state index in [1.807, 2.05) is 0 Å². The SMILES string of the molecule is CCC1CN(C)CCCN1c1nnc(N)o1. The van der Waals surface area contributed by atoms with Crippen molar-refractivity contribution in [2.45, 2.75) is 25.8 Å². The normalized spacial score (nSPS) is 23.4. The second-order valence-corrected chi connectivity index (χ2v) is 4.29. The van der Waals surface area contributed by atoms with Crippen LogP contribution in [0.2, 0.25) is 0 Å². The Morgan fingerprint density at radius 2 is 2.25 bits per heavy atom. The minimum Gasteiger partial charge on any atom is -0.390 e. The van der Waals surface area contributed by atoms with E-state index in [9.17, 15) is 0 Å². The Labute approximate surface area is 95.4 Å². The van der Waals surface area contributed by atoms with Gasteiger partial charge in [0.05, 0.1) is 0 Å². The first-order valence-electron chi connectivity index (χ1n) is 5.75. The molecule has 16 heavy (non-hydrogen) atoms. The number of rotatable bonds is 2. The summed E-state index contributed by atoms with van der Waals surface area (Å²) >= 11 is 0. The molecule has 2 heterocycles. The molecule has 2 rings (SSSR count). The zero-order valence-corrected chi connectivity index (χ0v) is 9.89. The van der Waals surface area contributed by atoms with Crippen molar-refractivity contribution >= 4 is 12.0 Å². The van der Waals surface area contributed by atoms with Crippen LogP contribution in [-0.2, 0) is 0 Å². The monoisotopic (exact) mass is 225 g/mol. The highest BCUT2D eigenvalue weighted by Crippen LogP contribution is 2.20. The van der Waals surface area contributed by atoms with Gasteiger partial charge in [0.1, 0.15) is 0 Å². The predicted molar refractivity (Wildman–Crippen MR) is 62.2 cm³/mol. The van der Waals surface area contributed by atoms with E-state index in [4.69, 9.17) is 10.2 Å². The highest BCUT2D eigenvalue weighted by molar-refractivity contribution is 5.30. The molecule has 0 radical (unpaired) electrons. The van der Waals surface area contributed by atoms with Gasteiger partial charge in [-0.3, -0.25) is 0 Å². The van der Waals surface area contributed by atoms with Crippen LogP contribution in [0.25, 0.3) is 0 Å². The second kappa shape index (κ2) is 4.69. The molecular formula is C10H19N5O. The number of anilines is 2. The second-order valence-electron chi connectivity index (χ2n) is 4.29. The Morgan fingerprint density at radius 3 is 2.88 bits per heavy atom. The Balaban J connectivity index is 2.17. The van der Waals surface area contributed by atoms with Crippen LogP contribution in [0.5, 0.6) is 0 Å². The van der Waals surface area contributed by atoms with Crippen LogP contribution in [0.4, 0.5) is 12.0 Å². The van der Waals surface area contributed by atoms with Crippen molar-refractivity contribution in [1.82, 2.24) is 15.1 Å². The molecule has 2 N–H and O–H groups in total. The quantitative estimate of drug-likeness (QED) is 0.793. The zero-order valence-electron chi connectivity index (χ0n) is 9.89. The van der Waals surface area contributed by atoms with Crippen molar-refractivity contribution in [2.24, 2.45) is 0 Å². The van der Waals surface area contributed by atoms with Gasteiger partial charge in [-0.05, 0) is 26.4 Å². The van der Waals surface area contributed by atoms with Crippen molar-refractivity contribution < 1.29 is 4.42 Å². The number of likely N-dealkylation sites (N-methyl/N-ethyl adjacent to an activating group) is 1. The Bertz CT molecular complexity index is 340. The lowest BCUT2D eigenvalue weighted by Gasteiger charge is -2.28. The van der Waals surface area contributed by atoms with Crippen molar-refractivity contribution in [1.29, 1.82) is 0 Å². The Hall–Kier alpha value is -1.30. The number of nitrogens with two attached hydrogens (primary N) is 1. The Kier molecular flexibility index (Phi) is 3.28. The van der Waals surface area contributed by atoms with Crippen molar-refractivity contribution in [3.63, 3.8) is 0 Å².